The van der Waals surface area contributed by atoms with Crippen LogP contribution in [-0.4, -0.2) is 15.7 Å². The van der Waals surface area contributed by atoms with Gasteiger partial charge in [0.15, 0.2) is 4.67 Å². The van der Waals surface area contributed by atoms with Crippen molar-refractivity contribution < 1.29 is 8.83 Å². The number of furan rings is 1. The maximum Gasteiger partial charge on any atom is 0.252 e. The highest BCUT2D eigenvalue weighted by Gasteiger charge is 2.15. The smallest absolute Gasteiger partial charge is 0.252 e. The molecule has 0 aliphatic rings. The lowest BCUT2D eigenvalue weighted by Crippen LogP contribution is -2.35. The third-order valence-electron chi connectivity index (χ3n) is 2.09. The highest BCUT2D eigenvalue weighted by molar-refractivity contribution is 9.10. The van der Waals surface area contributed by atoms with Gasteiger partial charge in [-0.2, -0.15) is 0 Å². The molecule has 0 saturated carbocycles. The van der Waals surface area contributed by atoms with Crippen LogP contribution in [0.5, 0.6) is 0 Å². The fourth-order valence-electron chi connectivity index (χ4n) is 1.22. The van der Waals surface area contributed by atoms with Crippen molar-refractivity contribution in [2.45, 2.75) is 32.9 Å². The molecule has 0 aliphatic heterocycles. The predicted octanol–water partition coefficient (Wildman–Crippen LogP) is 2.98. The van der Waals surface area contributed by atoms with Crippen molar-refractivity contribution in [3.8, 4) is 11.5 Å². The Kier molecular flexibility index (Phi) is 3.35. The van der Waals surface area contributed by atoms with Crippen molar-refractivity contribution >= 4 is 15.9 Å². The molecule has 1 N–H and O–H groups in total. The minimum Gasteiger partial charge on any atom is -0.457 e. The van der Waals surface area contributed by atoms with Crippen molar-refractivity contribution in [3.05, 3.63) is 22.9 Å². The standard InChI is InChI=1S/C11H14BrN3O2/c1-11(2,3)13-6-8-14-15-10(17-8)7-4-5-16-9(7)12/h4-5,13H,6H2,1-3H3. The molecule has 0 radical (unpaired) electrons. The zero-order valence-corrected chi connectivity index (χ0v) is 11.5. The fraction of sp³-hybridized carbons (Fsp3) is 0.455. The van der Waals surface area contributed by atoms with Crippen LogP contribution >= 0.6 is 15.9 Å². The van der Waals surface area contributed by atoms with Crippen molar-refractivity contribution in [3.63, 3.8) is 0 Å². The summed E-state index contributed by atoms with van der Waals surface area (Å²) in [7, 11) is 0. The molecule has 2 rings (SSSR count). The second-order valence-corrected chi connectivity index (χ2v) is 5.43. The van der Waals surface area contributed by atoms with Gasteiger partial charge in [-0.1, -0.05) is 0 Å². The third kappa shape index (κ3) is 3.17. The van der Waals surface area contributed by atoms with Crippen molar-refractivity contribution in [2.75, 3.05) is 0 Å². The zero-order chi connectivity index (χ0) is 12.5. The minimum absolute atomic E-state index is 0.0187. The van der Waals surface area contributed by atoms with Gasteiger partial charge in [0, 0.05) is 5.54 Å². The quantitative estimate of drug-likeness (QED) is 0.944. The fourth-order valence-corrected chi connectivity index (χ4v) is 1.63. The molecule has 0 atom stereocenters. The van der Waals surface area contributed by atoms with Gasteiger partial charge in [-0.3, -0.25) is 0 Å². The second kappa shape index (κ2) is 4.62. The Morgan fingerprint density at radius 3 is 2.71 bits per heavy atom. The molecule has 2 aromatic heterocycles. The van der Waals surface area contributed by atoms with E-state index < -0.39 is 0 Å². The van der Waals surface area contributed by atoms with Crippen molar-refractivity contribution in [1.82, 2.24) is 15.5 Å². The van der Waals surface area contributed by atoms with Gasteiger partial charge in [0.1, 0.15) is 0 Å². The lowest BCUT2D eigenvalue weighted by molar-refractivity contribution is 0.383. The van der Waals surface area contributed by atoms with Crippen LogP contribution in [0.2, 0.25) is 0 Å². The Bertz CT molecular complexity index is 499. The lowest BCUT2D eigenvalue weighted by atomic mass is 10.1. The minimum atomic E-state index is 0.0187. The molecular weight excluding hydrogens is 286 g/mol. The van der Waals surface area contributed by atoms with Gasteiger partial charge >= 0.3 is 0 Å². The number of nitrogens with one attached hydrogen (secondary N) is 1. The van der Waals surface area contributed by atoms with Crippen LogP contribution in [0.15, 0.2) is 25.8 Å². The van der Waals surface area contributed by atoms with Crippen LogP contribution in [-0.2, 0) is 6.54 Å². The van der Waals surface area contributed by atoms with Crippen LogP contribution in [0.25, 0.3) is 11.5 Å². The van der Waals surface area contributed by atoms with Crippen LogP contribution in [0.4, 0.5) is 0 Å². The average Bonchev–Trinajstić information content (AvgIpc) is 2.81. The summed E-state index contributed by atoms with van der Waals surface area (Å²) in [5, 5.41) is 11.2. The number of rotatable bonds is 3. The first kappa shape index (κ1) is 12.3. The summed E-state index contributed by atoms with van der Waals surface area (Å²) in [5.41, 5.74) is 0.782. The number of nitrogens with zero attached hydrogens (tertiary/aromatic N) is 2. The third-order valence-corrected chi connectivity index (χ3v) is 2.70. The Morgan fingerprint density at radius 2 is 2.12 bits per heavy atom. The molecule has 0 unspecified atom stereocenters. The molecule has 0 amide bonds. The lowest BCUT2D eigenvalue weighted by Gasteiger charge is -2.18. The summed E-state index contributed by atoms with van der Waals surface area (Å²) < 4.78 is 11.2. The predicted molar refractivity (Wildman–Crippen MR) is 66.3 cm³/mol. The average molecular weight is 300 g/mol. The molecule has 0 saturated heterocycles. The van der Waals surface area contributed by atoms with E-state index in [0.717, 1.165) is 5.56 Å². The van der Waals surface area contributed by atoms with Gasteiger partial charge in [-0.25, -0.2) is 0 Å². The molecule has 0 aromatic carbocycles. The van der Waals surface area contributed by atoms with Crippen molar-refractivity contribution in [2.24, 2.45) is 0 Å². The van der Waals surface area contributed by atoms with Crippen LogP contribution in [0.3, 0.4) is 0 Å². The Balaban J connectivity index is 2.09. The summed E-state index contributed by atoms with van der Waals surface area (Å²) in [6, 6.07) is 1.78. The van der Waals surface area contributed by atoms with E-state index in [1.807, 2.05) is 0 Å². The highest BCUT2D eigenvalue weighted by Crippen LogP contribution is 2.27. The second-order valence-electron chi connectivity index (χ2n) is 4.71. The molecule has 92 valence electrons. The summed E-state index contributed by atoms with van der Waals surface area (Å²) in [6.07, 6.45) is 1.57. The zero-order valence-electron chi connectivity index (χ0n) is 9.95. The summed E-state index contributed by atoms with van der Waals surface area (Å²) in [5.74, 6) is 1.01. The summed E-state index contributed by atoms with van der Waals surface area (Å²) >= 11 is 3.27. The van der Waals surface area contributed by atoms with E-state index in [-0.39, 0.29) is 5.54 Å². The van der Waals surface area contributed by atoms with E-state index in [1.54, 1.807) is 12.3 Å². The molecule has 2 aromatic rings. The van der Waals surface area contributed by atoms with Crippen molar-refractivity contribution in [1.29, 1.82) is 0 Å². The number of halogens is 1. The van der Waals surface area contributed by atoms with Gasteiger partial charge in [-0.15, -0.1) is 10.2 Å². The number of hydrogen-bond donors (Lipinski definition) is 1. The SMILES string of the molecule is CC(C)(C)NCc1nnc(-c2ccoc2Br)o1. The Labute approximate surface area is 108 Å². The summed E-state index contributed by atoms with van der Waals surface area (Å²) in [6.45, 7) is 6.79. The normalized spacial score (nSPS) is 12.0. The first-order chi connectivity index (χ1) is 7.96. The van der Waals surface area contributed by atoms with Gasteiger partial charge in [0.05, 0.1) is 18.4 Å². The molecule has 0 bridgehead atoms. The van der Waals surface area contributed by atoms with Crippen LogP contribution in [0, 0.1) is 0 Å². The largest absolute Gasteiger partial charge is 0.457 e. The first-order valence-electron chi connectivity index (χ1n) is 5.26. The molecule has 6 heteroatoms. The van der Waals surface area contributed by atoms with Crippen LogP contribution in [0.1, 0.15) is 26.7 Å². The molecule has 17 heavy (non-hydrogen) atoms. The van der Waals surface area contributed by atoms with E-state index in [4.69, 9.17) is 8.83 Å². The van der Waals surface area contributed by atoms with Gasteiger partial charge < -0.3 is 14.2 Å². The van der Waals surface area contributed by atoms with Crippen LogP contribution < -0.4 is 5.32 Å². The highest BCUT2D eigenvalue weighted by atomic mass is 79.9. The topological polar surface area (TPSA) is 64.1 Å². The Morgan fingerprint density at radius 1 is 1.35 bits per heavy atom. The van der Waals surface area contributed by atoms with E-state index in [9.17, 15) is 0 Å². The number of hydrogen-bond acceptors (Lipinski definition) is 5. The summed E-state index contributed by atoms with van der Waals surface area (Å²) in [4.78, 5) is 0. The first-order valence-corrected chi connectivity index (χ1v) is 6.06. The molecule has 0 spiro atoms. The Hall–Kier alpha value is -1.14. The van der Waals surface area contributed by atoms with Gasteiger partial charge in [0.2, 0.25) is 5.89 Å². The van der Waals surface area contributed by atoms with E-state index in [0.29, 0.717) is 23.0 Å². The molecular formula is C11H14BrN3O2. The van der Waals surface area contributed by atoms with Gasteiger partial charge in [-0.05, 0) is 42.8 Å². The van der Waals surface area contributed by atoms with E-state index >= 15 is 0 Å². The maximum absolute atomic E-state index is 5.53. The molecule has 5 nitrogen and oxygen atoms in total. The number of aromatic nitrogens is 2. The van der Waals surface area contributed by atoms with E-state index in [1.165, 1.54) is 0 Å². The van der Waals surface area contributed by atoms with E-state index in [2.05, 4.69) is 52.2 Å². The maximum atomic E-state index is 5.53. The molecule has 0 aliphatic carbocycles. The van der Waals surface area contributed by atoms with Gasteiger partial charge in [0.25, 0.3) is 5.89 Å². The monoisotopic (exact) mass is 299 g/mol. The molecule has 0 fully saturated rings. The molecule has 2 heterocycles.